The van der Waals surface area contributed by atoms with Crippen LogP contribution in [0.25, 0.3) is 11.1 Å². The average Bonchev–Trinajstić information content (AvgIpc) is 3.38. The first-order chi connectivity index (χ1) is 13.6. The van der Waals surface area contributed by atoms with Crippen LogP contribution < -0.4 is 4.74 Å². The molecule has 0 aliphatic carbocycles. The van der Waals surface area contributed by atoms with Gasteiger partial charge in [-0.1, -0.05) is 12.1 Å². The van der Waals surface area contributed by atoms with Gasteiger partial charge in [0.05, 0.1) is 6.54 Å². The summed E-state index contributed by atoms with van der Waals surface area (Å²) in [4.78, 5) is 25.4. The molecule has 8 heteroatoms. The Morgan fingerprint density at radius 3 is 2.82 bits per heavy atom. The summed E-state index contributed by atoms with van der Waals surface area (Å²) in [5, 5.41) is 9.07. The third kappa shape index (κ3) is 3.55. The number of aromatic amines is 1. The van der Waals surface area contributed by atoms with Crippen LogP contribution in [0, 0.1) is 17.1 Å². The minimum Gasteiger partial charge on any atom is -0.470 e. The van der Waals surface area contributed by atoms with Gasteiger partial charge in [0.1, 0.15) is 23.7 Å². The lowest BCUT2D eigenvalue weighted by Gasteiger charge is -2.16. The number of hydrogen-bond acceptors (Lipinski definition) is 5. The minimum atomic E-state index is -0.304. The number of aromatic nitrogens is 3. The zero-order valence-corrected chi connectivity index (χ0v) is 14.8. The van der Waals surface area contributed by atoms with E-state index in [-0.39, 0.29) is 29.4 Å². The highest BCUT2D eigenvalue weighted by molar-refractivity contribution is 5.94. The lowest BCUT2D eigenvalue weighted by atomic mass is 10.1. The maximum atomic E-state index is 13.1. The zero-order valence-electron chi connectivity index (χ0n) is 14.8. The predicted molar refractivity (Wildman–Crippen MR) is 97.9 cm³/mol. The van der Waals surface area contributed by atoms with Gasteiger partial charge >= 0.3 is 0 Å². The number of rotatable bonds is 4. The Kier molecular flexibility index (Phi) is 4.72. The number of halogens is 1. The normalized spacial score (nSPS) is 16.0. The largest absolute Gasteiger partial charge is 0.470 e. The van der Waals surface area contributed by atoms with Crippen molar-refractivity contribution in [3.05, 3.63) is 66.1 Å². The first-order valence-corrected chi connectivity index (χ1v) is 8.75. The van der Waals surface area contributed by atoms with E-state index < -0.39 is 0 Å². The van der Waals surface area contributed by atoms with Gasteiger partial charge < -0.3 is 14.6 Å². The van der Waals surface area contributed by atoms with Gasteiger partial charge in [0.2, 0.25) is 5.69 Å². The SMILES string of the molecule is N#Cc1nccnc1OC1CCN(C(=O)c2cc(-c3ccc(F)cc3)c[nH]2)C1. The minimum absolute atomic E-state index is 0.126. The van der Waals surface area contributed by atoms with E-state index in [0.717, 1.165) is 11.1 Å². The van der Waals surface area contributed by atoms with Crippen molar-refractivity contribution in [1.29, 1.82) is 5.26 Å². The van der Waals surface area contributed by atoms with E-state index in [9.17, 15) is 9.18 Å². The Morgan fingerprint density at radius 1 is 1.25 bits per heavy atom. The van der Waals surface area contributed by atoms with Crippen molar-refractivity contribution in [2.24, 2.45) is 0 Å². The molecule has 1 fully saturated rings. The van der Waals surface area contributed by atoms with Crippen LogP contribution in [0.4, 0.5) is 4.39 Å². The molecule has 0 saturated carbocycles. The third-order valence-corrected chi connectivity index (χ3v) is 4.57. The lowest BCUT2D eigenvalue weighted by molar-refractivity contribution is 0.0766. The highest BCUT2D eigenvalue weighted by atomic mass is 19.1. The smallest absolute Gasteiger partial charge is 0.270 e. The molecule has 0 bridgehead atoms. The second-order valence-corrected chi connectivity index (χ2v) is 6.41. The van der Waals surface area contributed by atoms with E-state index in [1.54, 1.807) is 29.3 Å². The number of nitrogens with one attached hydrogen (secondary N) is 1. The van der Waals surface area contributed by atoms with Gasteiger partial charge in [0.15, 0.2) is 0 Å². The van der Waals surface area contributed by atoms with Gasteiger partial charge in [-0.25, -0.2) is 14.4 Å². The monoisotopic (exact) mass is 377 g/mol. The molecule has 1 aliphatic heterocycles. The topological polar surface area (TPSA) is 94.9 Å². The number of carbonyl (C=O) groups is 1. The van der Waals surface area contributed by atoms with Crippen LogP contribution in [0.5, 0.6) is 5.88 Å². The molecule has 0 spiro atoms. The standard InChI is InChI=1S/C20H16FN5O2/c21-15-3-1-13(2-4-15)14-9-17(25-11-14)20(27)26-8-5-16(12-26)28-19-18(10-22)23-6-7-24-19/h1-4,6-7,9,11,16,25H,5,8,12H2. The van der Waals surface area contributed by atoms with Crippen LogP contribution >= 0.6 is 0 Å². The number of carbonyl (C=O) groups excluding carboxylic acids is 1. The van der Waals surface area contributed by atoms with Gasteiger partial charge in [-0.15, -0.1) is 0 Å². The molecule has 3 aromatic rings. The summed E-state index contributed by atoms with van der Waals surface area (Å²) in [6.07, 6.45) is 5.01. The molecule has 1 aliphatic rings. The fourth-order valence-electron chi connectivity index (χ4n) is 3.15. The molecule has 1 N–H and O–H groups in total. The second-order valence-electron chi connectivity index (χ2n) is 6.41. The molecule has 28 heavy (non-hydrogen) atoms. The summed E-state index contributed by atoms with van der Waals surface area (Å²) in [6, 6.07) is 9.79. The third-order valence-electron chi connectivity index (χ3n) is 4.57. The fraction of sp³-hybridized carbons (Fsp3) is 0.200. The van der Waals surface area contributed by atoms with Crippen molar-refractivity contribution in [1.82, 2.24) is 19.9 Å². The number of ether oxygens (including phenoxy) is 1. The molecule has 4 rings (SSSR count). The molecule has 1 aromatic carbocycles. The zero-order chi connectivity index (χ0) is 19.5. The Balaban J connectivity index is 1.42. The van der Waals surface area contributed by atoms with Crippen molar-refractivity contribution in [2.75, 3.05) is 13.1 Å². The summed E-state index contributed by atoms with van der Waals surface area (Å²) in [5.41, 5.74) is 2.22. The van der Waals surface area contributed by atoms with Crippen molar-refractivity contribution in [2.45, 2.75) is 12.5 Å². The second kappa shape index (κ2) is 7.48. The summed E-state index contributed by atoms with van der Waals surface area (Å²) in [7, 11) is 0. The van der Waals surface area contributed by atoms with Crippen molar-refractivity contribution >= 4 is 5.91 Å². The van der Waals surface area contributed by atoms with E-state index in [1.807, 2.05) is 6.07 Å². The van der Waals surface area contributed by atoms with Gasteiger partial charge in [-0.2, -0.15) is 5.26 Å². The average molecular weight is 377 g/mol. The maximum Gasteiger partial charge on any atom is 0.270 e. The number of benzene rings is 1. The Hall–Kier alpha value is -3.73. The van der Waals surface area contributed by atoms with Gasteiger partial charge in [0, 0.05) is 31.6 Å². The summed E-state index contributed by atoms with van der Waals surface area (Å²) < 4.78 is 18.8. The first-order valence-electron chi connectivity index (χ1n) is 8.75. The summed E-state index contributed by atoms with van der Waals surface area (Å²) in [6.45, 7) is 0.932. The molecule has 1 saturated heterocycles. The fourth-order valence-corrected chi connectivity index (χ4v) is 3.15. The molecule has 7 nitrogen and oxygen atoms in total. The number of hydrogen-bond donors (Lipinski definition) is 1. The number of nitrogens with zero attached hydrogens (tertiary/aromatic N) is 4. The van der Waals surface area contributed by atoms with E-state index in [4.69, 9.17) is 10.00 Å². The van der Waals surface area contributed by atoms with E-state index in [2.05, 4.69) is 15.0 Å². The summed E-state index contributed by atoms with van der Waals surface area (Å²) in [5.74, 6) is -0.261. The van der Waals surface area contributed by atoms with E-state index in [0.29, 0.717) is 25.2 Å². The van der Waals surface area contributed by atoms with E-state index in [1.165, 1.54) is 24.5 Å². The molecular weight excluding hydrogens is 361 g/mol. The van der Waals surface area contributed by atoms with Crippen LogP contribution in [0.2, 0.25) is 0 Å². The van der Waals surface area contributed by atoms with Crippen LogP contribution in [-0.2, 0) is 0 Å². The molecule has 1 atom stereocenters. The van der Waals surface area contributed by atoms with Crippen LogP contribution in [-0.4, -0.2) is 45.0 Å². The predicted octanol–water partition coefficient (Wildman–Crippen LogP) is 2.78. The Bertz CT molecular complexity index is 1040. The number of nitriles is 1. The van der Waals surface area contributed by atoms with Crippen LogP contribution in [0.3, 0.4) is 0 Å². The van der Waals surface area contributed by atoms with Crippen molar-refractivity contribution in [3.63, 3.8) is 0 Å². The highest BCUT2D eigenvalue weighted by Crippen LogP contribution is 2.23. The van der Waals surface area contributed by atoms with Crippen molar-refractivity contribution < 1.29 is 13.9 Å². The lowest BCUT2D eigenvalue weighted by Crippen LogP contribution is -2.31. The number of likely N-dealkylation sites (tertiary alicyclic amines) is 1. The van der Waals surface area contributed by atoms with Gasteiger partial charge in [-0.3, -0.25) is 4.79 Å². The molecule has 140 valence electrons. The quantitative estimate of drug-likeness (QED) is 0.754. The number of amides is 1. The highest BCUT2D eigenvalue weighted by Gasteiger charge is 2.30. The van der Waals surface area contributed by atoms with Crippen molar-refractivity contribution in [3.8, 4) is 23.1 Å². The molecular formula is C20H16FN5O2. The first kappa shape index (κ1) is 17.7. The Labute approximate surface area is 160 Å². The van der Waals surface area contributed by atoms with Gasteiger partial charge in [0.25, 0.3) is 11.8 Å². The Morgan fingerprint density at radius 2 is 2.04 bits per heavy atom. The molecule has 1 unspecified atom stereocenters. The number of H-pyrrole nitrogens is 1. The molecule has 1 amide bonds. The maximum absolute atomic E-state index is 13.1. The van der Waals surface area contributed by atoms with Crippen LogP contribution in [0.1, 0.15) is 22.6 Å². The van der Waals surface area contributed by atoms with Gasteiger partial charge in [-0.05, 0) is 29.3 Å². The summed E-state index contributed by atoms with van der Waals surface area (Å²) >= 11 is 0. The molecule has 3 heterocycles. The van der Waals surface area contributed by atoms with Crippen LogP contribution in [0.15, 0.2) is 48.9 Å². The molecule has 0 radical (unpaired) electrons. The van der Waals surface area contributed by atoms with E-state index >= 15 is 0 Å². The molecule has 2 aromatic heterocycles.